The molecule has 1 saturated heterocycles. The maximum Gasteiger partial charge on any atom is 0.255 e. The topological polar surface area (TPSA) is 65.6 Å². The minimum Gasteiger partial charge on any atom is -0.379 e. The first-order valence-corrected chi connectivity index (χ1v) is 10.5. The highest BCUT2D eigenvalue weighted by Crippen LogP contribution is 2.24. The van der Waals surface area contributed by atoms with Crippen LogP contribution < -0.4 is 0 Å². The number of aromatic nitrogens is 1. The molecule has 1 aromatic rings. The van der Waals surface area contributed by atoms with Crippen molar-refractivity contribution in [2.24, 2.45) is 0 Å². The molecule has 2 aliphatic heterocycles. The summed E-state index contributed by atoms with van der Waals surface area (Å²) in [5, 5.41) is 0. The smallest absolute Gasteiger partial charge is 0.255 e. The Morgan fingerprint density at radius 1 is 1.07 bits per heavy atom. The van der Waals surface area contributed by atoms with Crippen LogP contribution in [0.15, 0.2) is 0 Å². The lowest BCUT2D eigenvalue weighted by Gasteiger charge is -2.28. The van der Waals surface area contributed by atoms with Gasteiger partial charge in [-0.25, -0.2) is 0 Å². The van der Waals surface area contributed by atoms with Crippen molar-refractivity contribution < 1.29 is 14.3 Å². The van der Waals surface area contributed by atoms with Crippen molar-refractivity contribution in [3.05, 3.63) is 22.5 Å². The number of fused-ring (bicyclic) bond motifs is 1. The van der Waals surface area contributed by atoms with E-state index in [2.05, 4.69) is 9.88 Å². The molecule has 6 heteroatoms. The molecule has 0 unspecified atom stereocenters. The molecule has 2 aliphatic rings. The predicted octanol–water partition coefficient (Wildman–Crippen LogP) is 3.30. The third kappa shape index (κ3) is 6.18. The number of aryl methyl sites for hydroxylation is 1. The van der Waals surface area contributed by atoms with Gasteiger partial charge in [0.2, 0.25) is 0 Å². The Bertz CT molecular complexity index is 577. The number of nitrogens with one attached hydrogen (secondary N) is 1. The molecular weight excluding hydrogens is 342 g/mol. The van der Waals surface area contributed by atoms with E-state index in [-0.39, 0.29) is 5.91 Å². The first kappa shape index (κ1) is 23.4. The number of carbonyl (C=O) groups is 2. The van der Waals surface area contributed by atoms with Gasteiger partial charge in [-0.1, -0.05) is 27.7 Å². The number of aromatic amines is 1. The standard InChI is InChI=1S/C17H25N3O3.2C2H6/c1-13-15(12-21)18-14-4-2-6-20(17(22)16(13)14)7-3-5-19-8-10-23-11-9-19;2*1-2/h12,18H,2-11H2,1H3;2*1-2H3. The minimum absolute atomic E-state index is 0.0707. The molecule has 1 amide bonds. The van der Waals surface area contributed by atoms with Crippen LogP contribution in [0.3, 0.4) is 0 Å². The highest BCUT2D eigenvalue weighted by Gasteiger charge is 2.27. The zero-order valence-electron chi connectivity index (χ0n) is 17.8. The molecule has 0 bridgehead atoms. The van der Waals surface area contributed by atoms with Crippen molar-refractivity contribution in [2.75, 3.05) is 45.9 Å². The summed E-state index contributed by atoms with van der Waals surface area (Å²) in [5.41, 5.74) is 2.97. The second-order valence-corrected chi connectivity index (χ2v) is 6.34. The summed E-state index contributed by atoms with van der Waals surface area (Å²) >= 11 is 0. The molecule has 0 saturated carbocycles. The average molecular weight is 380 g/mol. The fourth-order valence-corrected chi connectivity index (χ4v) is 3.50. The Morgan fingerprint density at radius 3 is 2.37 bits per heavy atom. The molecule has 1 fully saturated rings. The van der Waals surface area contributed by atoms with Gasteiger partial charge in [0.1, 0.15) is 0 Å². The molecule has 0 atom stereocenters. The average Bonchev–Trinajstić information content (AvgIpc) is 2.96. The molecule has 27 heavy (non-hydrogen) atoms. The van der Waals surface area contributed by atoms with Gasteiger partial charge in [0.25, 0.3) is 5.91 Å². The molecule has 1 N–H and O–H groups in total. The van der Waals surface area contributed by atoms with E-state index in [0.717, 1.165) is 88.3 Å². The van der Waals surface area contributed by atoms with Crippen LogP contribution in [-0.4, -0.2) is 72.9 Å². The molecule has 1 aromatic heterocycles. The molecule has 0 aliphatic carbocycles. The summed E-state index contributed by atoms with van der Waals surface area (Å²) in [7, 11) is 0. The van der Waals surface area contributed by atoms with Gasteiger partial charge in [-0.2, -0.15) is 0 Å². The number of rotatable bonds is 5. The van der Waals surface area contributed by atoms with Gasteiger partial charge in [0.05, 0.1) is 24.5 Å². The SMILES string of the molecule is CC.CC.Cc1c(C=O)[nH]c2c1C(=O)N(CCCN1CCOCC1)CCC2. The summed E-state index contributed by atoms with van der Waals surface area (Å²) in [5.74, 6) is 0.0707. The number of aldehydes is 1. The summed E-state index contributed by atoms with van der Waals surface area (Å²) in [6.45, 7) is 16.0. The third-order valence-electron chi connectivity index (χ3n) is 4.85. The van der Waals surface area contributed by atoms with E-state index in [1.165, 1.54) is 0 Å². The number of carbonyl (C=O) groups excluding carboxylic acids is 2. The Hall–Kier alpha value is -1.66. The predicted molar refractivity (Wildman–Crippen MR) is 110 cm³/mol. The summed E-state index contributed by atoms with van der Waals surface area (Å²) in [6, 6.07) is 0. The van der Waals surface area contributed by atoms with Crippen molar-refractivity contribution >= 4 is 12.2 Å². The lowest BCUT2D eigenvalue weighted by atomic mass is 10.1. The van der Waals surface area contributed by atoms with E-state index in [4.69, 9.17) is 4.74 Å². The third-order valence-corrected chi connectivity index (χ3v) is 4.85. The Labute approximate surface area is 164 Å². The normalized spacial score (nSPS) is 17.1. The first-order valence-electron chi connectivity index (χ1n) is 10.5. The molecule has 3 rings (SSSR count). The second-order valence-electron chi connectivity index (χ2n) is 6.34. The zero-order chi connectivity index (χ0) is 20.2. The lowest BCUT2D eigenvalue weighted by molar-refractivity contribution is 0.0357. The number of hydrogen-bond acceptors (Lipinski definition) is 4. The first-order chi connectivity index (χ1) is 13.2. The van der Waals surface area contributed by atoms with Crippen LogP contribution in [0.25, 0.3) is 0 Å². The largest absolute Gasteiger partial charge is 0.379 e. The fraction of sp³-hybridized carbons (Fsp3) is 0.714. The lowest BCUT2D eigenvalue weighted by Crippen LogP contribution is -2.39. The fourth-order valence-electron chi connectivity index (χ4n) is 3.50. The van der Waals surface area contributed by atoms with E-state index in [1.807, 2.05) is 39.5 Å². The molecule has 0 spiro atoms. The monoisotopic (exact) mass is 379 g/mol. The van der Waals surface area contributed by atoms with Gasteiger partial charge in [-0.15, -0.1) is 0 Å². The van der Waals surface area contributed by atoms with E-state index < -0.39 is 0 Å². The van der Waals surface area contributed by atoms with Crippen LogP contribution in [0.4, 0.5) is 0 Å². The number of H-pyrrole nitrogens is 1. The maximum absolute atomic E-state index is 12.8. The highest BCUT2D eigenvalue weighted by atomic mass is 16.5. The van der Waals surface area contributed by atoms with E-state index >= 15 is 0 Å². The second kappa shape index (κ2) is 12.7. The van der Waals surface area contributed by atoms with Crippen molar-refractivity contribution in [1.82, 2.24) is 14.8 Å². The van der Waals surface area contributed by atoms with Gasteiger partial charge in [-0.05, 0) is 31.7 Å². The highest BCUT2D eigenvalue weighted by molar-refractivity contribution is 5.99. The molecule has 3 heterocycles. The Morgan fingerprint density at radius 2 is 1.74 bits per heavy atom. The van der Waals surface area contributed by atoms with Crippen molar-refractivity contribution in [3.8, 4) is 0 Å². The zero-order valence-corrected chi connectivity index (χ0v) is 17.8. The minimum atomic E-state index is 0.0707. The van der Waals surface area contributed by atoms with Crippen LogP contribution in [0.2, 0.25) is 0 Å². The van der Waals surface area contributed by atoms with Gasteiger partial charge >= 0.3 is 0 Å². The number of morpholine rings is 1. The van der Waals surface area contributed by atoms with Gasteiger partial charge in [0.15, 0.2) is 6.29 Å². The summed E-state index contributed by atoms with van der Waals surface area (Å²) in [6.07, 6.45) is 3.55. The van der Waals surface area contributed by atoms with Crippen LogP contribution in [0.1, 0.15) is 72.6 Å². The van der Waals surface area contributed by atoms with E-state index in [0.29, 0.717) is 5.69 Å². The van der Waals surface area contributed by atoms with E-state index in [1.54, 1.807) is 0 Å². The van der Waals surface area contributed by atoms with Crippen molar-refractivity contribution in [2.45, 2.75) is 53.9 Å². The van der Waals surface area contributed by atoms with Crippen molar-refractivity contribution in [3.63, 3.8) is 0 Å². The summed E-state index contributed by atoms with van der Waals surface area (Å²) in [4.78, 5) is 31.4. The van der Waals surface area contributed by atoms with E-state index in [9.17, 15) is 9.59 Å². The van der Waals surface area contributed by atoms with Crippen LogP contribution in [-0.2, 0) is 11.2 Å². The molecule has 6 nitrogen and oxygen atoms in total. The maximum atomic E-state index is 12.8. The van der Waals surface area contributed by atoms with Crippen LogP contribution in [0, 0.1) is 6.92 Å². The van der Waals surface area contributed by atoms with Crippen molar-refractivity contribution in [1.29, 1.82) is 0 Å². The van der Waals surface area contributed by atoms with Gasteiger partial charge in [0, 0.05) is 38.4 Å². The number of ether oxygens (including phenoxy) is 1. The number of nitrogens with zero attached hydrogens (tertiary/aromatic N) is 2. The quantitative estimate of drug-likeness (QED) is 0.797. The molecule has 154 valence electrons. The molecule has 0 radical (unpaired) electrons. The Kier molecular flexibility index (Phi) is 11.0. The number of hydrogen-bond donors (Lipinski definition) is 1. The van der Waals surface area contributed by atoms with Crippen LogP contribution >= 0.6 is 0 Å². The summed E-state index contributed by atoms with van der Waals surface area (Å²) < 4.78 is 5.36. The Balaban J connectivity index is 0.000000855. The van der Waals surface area contributed by atoms with Crippen LogP contribution in [0.5, 0.6) is 0 Å². The van der Waals surface area contributed by atoms with Gasteiger partial charge < -0.3 is 14.6 Å². The molecular formula is C21H37N3O3. The number of amides is 1. The van der Waals surface area contributed by atoms with Gasteiger partial charge in [-0.3, -0.25) is 14.5 Å². The molecule has 0 aromatic carbocycles.